The van der Waals surface area contributed by atoms with Gasteiger partial charge in [-0.1, -0.05) is 65.1 Å². The third-order valence-electron chi connectivity index (χ3n) is 3.37. The van der Waals surface area contributed by atoms with Crippen LogP contribution in [0.15, 0.2) is 42.5 Å². The SMILES string of the molecule is CC(C)(C)OC(=O)NC(C(=O)NNc1c(Cl)cc(Cl)cc1Cl)c1ccccc1. The third kappa shape index (κ3) is 6.48. The molecule has 0 aromatic heterocycles. The van der Waals surface area contributed by atoms with Crippen molar-refractivity contribution in [1.82, 2.24) is 10.7 Å². The van der Waals surface area contributed by atoms with Crippen LogP contribution >= 0.6 is 34.8 Å². The average Bonchev–Trinajstić information content (AvgIpc) is 2.57. The Morgan fingerprint density at radius 1 is 1.00 bits per heavy atom. The van der Waals surface area contributed by atoms with Crippen LogP contribution in [0.5, 0.6) is 0 Å². The van der Waals surface area contributed by atoms with E-state index in [1.165, 1.54) is 12.1 Å². The van der Waals surface area contributed by atoms with E-state index < -0.39 is 23.6 Å². The first-order valence-electron chi connectivity index (χ1n) is 8.31. The van der Waals surface area contributed by atoms with Gasteiger partial charge in [0.1, 0.15) is 11.6 Å². The minimum Gasteiger partial charge on any atom is -0.444 e. The number of rotatable bonds is 5. The maximum absolute atomic E-state index is 12.8. The number of benzene rings is 2. The second-order valence-corrected chi connectivity index (χ2v) is 8.10. The van der Waals surface area contributed by atoms with Gasteiger partial charge in [0.2, 0.25) is 0 Å². The molecule has 0 saturated carbocycles. The lowest BCUT2D eigenvalue weighted by molar-refractivity contribution is -0.122. The summed E-state index contributed by atoms with van der Waals surface area (Å²) in [5.41, 5.74) is 5.31. The number of halogens is 3. The molecule has 0 spiro atoms. The summed E-state index contributed by atoms with van der Waals surface area (Å²) in [5, 5.41) is 3.39. The fourth-order valence-electron chi connectivity index (χ4n) is 2.23. The maximum Gasteiger partial charge on any atom is 0.408 e. The molecular weight excluding hydrogens is 425 g/mol. The van der Waals surface area contributed by atoms with Crippen LogP contribution in [0, 0.1) is 0 Å². The van der Waals surface area contributed by atoms with E-state index in [9.17, 15) is 9.59 Å². The van der Waals surface area contributed by atoms with Crippen LogP contribution in [0.1, 0.15) is 32.4 Å². The van der Waals surface area contributed by atoms with Crippen LogP contribution in [-0.4, -0.2) is 17.6 Å². The highest BCUT2D eigenvalue weighted by Gasteiger charge is 2.26. The number of carbonyl (C=O) groups is 2. The highest BCUT2D eigenvalue weighted by molar-refractivity contribution is 6.41. The van der Waals surface area contributed by atoms with Gasteiger partial charge in [0, 0.05) is 5.02 Å². The van der Waals surface area contributed by atoms with Crippen LogP contribution in [0.3, 0.4) is 0 Å². The molecule has 0 radical (unpaired) electrons. The summed E-state index contributed by atoms with van der Waals surface area (Å²) < 4.78 is 5.25. The van der Waals surface area contributed by atoms with Gasteiger partial charge in [0.15, 0.2) is 0 Å². The Bertz CT molecular complexity index is 831. The maximum atomic E-state index is 12.8. The minimum atomic E-state index is -1.01. The van der Waals surface area contributed by atoms with E-state index in [4.69, 9.17) is 39.5 Å². The van der Waals surface area contributed by atoms with Crippen LogP contribution in [0.4, 0.5) is 10.5 Å². The van der Waals surface area contributed by atoms with Gasteiger partial charge in [-0.2, -0.15) is 0 Å². The molecule has 0 fully saturated rings. The topological polar surface area (TPSA) is 79.5 Å². The number of amides is 2. The largest absolute Gasteiger partial charge is 0.444 e. The second-order valence-electron chi connectivity index (χ2n) is 6.85. The van der Waals surface area contributed by atoms with E-state index >= 15 is 0 Å². The normalized spacial score (nSPS) is 12.1. The molecule has 2 aromatic carbocycles. The zero-order chi connectivity index (χ0) is 20.9. The van der Waals surface area contributed by atoms with E-state index in [0.717, 1.165) is 0 Å². The zero-order valence-corrected chi connectivity index (χ0v) is 17.7. The Morgan fingerprint density at radius 3 is 2.11 bits per heavy atom. The van der Waals surface area contributed by atoms with E-state index in [-0.39, 0.29) is 15.7 Å². The number of alkyl carbamates (subject to hydrolysis) is 1. The van der Waals surface area contributed by atoms with Gasteiger partial charge in [-0.05, 0) is 38.5 Å². The average molecular weight is 445 g/mol. The molecule has 0 aliphatic heterocycles. The van der Waals surface area contributed by atoms with Crippen molar-refractivity contribution in [2.45, 2.75) is 32.4 Å². The van der Waals surface area contributed by atoms with Crippen LogP contribution in [0.25, 0.3) is 0 Å². The summed E-state index contributed by atoms with van der Waals surface area (Å²) in [6.07, 6.45) is -0.723. The van der Waals surface area contributed by atoms with Crippen LogP contribution in [-0.2, 0) is 9.53 Å². The quantitative estimate of drug-likeness (QED) is 0.543. The Morgan fingerprint density at radius 2 is 1.57 bits per heavy atom. The smallest absolute Gasteiger partial charge is 0.408 e. The molecule has 9 heteroatoms. The first-order valence-corrected chi connectivity index (χ1v) is 9.45. The standard InChI is InChI=1S/C19H20Cl3N3O3/c1-19(2,3)28-18(27)23-15(11-7-5-4-6-8-11)17(26)25-24-16-13(21)9-12(20)10-14(16)22/h4-10,15,24H,1-3H3,(H,23,27)(H,25,26). The van der Waals surface area contributed by atoms with Gasteiger partial charge < -0.3 is 10.1 Å². The fraction of sp³-hybridized carbons (Fsp3) is 0.263. The van der Waals surface area contributed by atoms with Gasteiger partial charge in [-0.3, -0.25) is 15.6 Å². The highest BCUT2D eigenvalue weighted by Crippen LogP contribution is 2.33. The molecule has 0 saturated heterocycles. The number of carbonyl (C=O) groups excluding carboxylic acids is 2. The van der Waals surface area contributed by atoms with Gasteiger partial charge in [-0.15, -0.1) is 0 Å². The molecule has 2 rings (SSSR count). The van der Waals surface area contributed by atoms with Gasteiger partial charge in [-0.25, -0.2) is 4.79 Å². The van der Waals surface area contributed by atoms with Crippen LogP contribution < -0.4 is 16.2 Å². The predicted molar refractivity (Wildman–Crippen MR) is 112 cm³/mol. The summed E-state index contributed by atoms with van der Waals surface area (Å²) >= 11 is 18.1. The summed E-state index contributed by atoms with van der Waals surface area (Å²) in [5.74, 6) is -0.542. The van der Waals surface area contributed by atoms with Crippen molar-refractivity contribution in [1.29, 1.82) is 0 Å². The lowest BCUT2D eigenvalue weighted by Gasteiger charge is -2.24. The molecule has 0 bridgehead atoms. The highest BCUT2D eigenvalue weighted by atomic mass is 35.5. The van der Waals surface area contributed by atoms with Crippen molar-refractivity contribution >= 4 is 52.5 Å². The van der Waals surface area contributed by atoms with Gasteiger partial charge >= 0.3 is 6.09 Å². The van der Waals surface area contributed by atoms with E-state index in [0.29, 0.717) is 10.6 Å². The number of hydrogen-bond donors (Lipinski definition) is 3. The lowest BCUT2D eigenvalue weighted by atomic mass is 10.1. The summed E-state index contributed by atoms with van der Waals surface area (Å²) in [7, 11) is 0. The molecular formula is C19H20Cl3N3O3. The molecule has 2 amide bonds. The van der Waals surface area contributed by atoms with E-state index in [2.05, 4.69) is 16.2 Å². The van der Waals surface area contributed by atoms with Crippen molar-refractivity contribution in [3.63, 3.8) is 0 Å². The van der Waals surface area contributed by atoms with Crippen molar-refractivity contribution in [3.05, 3.63) is 63.1 Å². The molecule has 28 heavy (non-hydrogen) atoms. The summed E-state index contributed by atoms with van der Waals surface area (Å²) in [6.45, 7) is 5.20. The zero-order valence-electron chi connectivity index (χ0n) is 15.5. The number of anilines is 1. The summed E-state index contributed by atoms with van der Waals surface area (Å²) in [6, 6.07) is 10.7. The molecule has 2 aromatic rings. The fourth-order valence-corrected chi connectivity index (χ4v) is 3.14. The Kier molecular flexibility index (Phi) is 7.41. The van der Waals surface area contributed by atoms with Crippen molar-refractivity contribution in [2.75, 3.05) is 5.43 Å². The van der Waals surface area contributed by atoms with Crippen molar-refractivity contribution < 1.29 is 14.3 Å². The number of hydrogen-bond acceptors (Lipinski definition) is 4. The van der Waals surface area contributed by atoms with E-state index in [1.807, 2.05) is 0 Å². The number of hydrazine groups is 1. The second kappa shape index (κ2) is 9.37. The first kappa shape index (κ1) is 22.1. The molecule has 1 atom stereocenters. The Hall–Kier alpha value is -2.15. The number of ether oxygens (including phenoxy) is 1. The lowest BCUT2D eigenvalue weighted by Crippen LogP contribution is -2.44. The van der Waals surface area contributed by atoms with Gasteiger partial charge in [0.05, 0.1) is 15.7 Å². The molecule has 1 unspecified atom stereocenters. The predicted octanol–water partition coefficient (Wildman–Crippen LogP) is 5.36. The summed E-state index contributed by atoms with van der Waals surface area (Å²) in [4.78, 5) is 24.9. The third-order valence-corrected chi connectivity index (χ3v) is 4.19. The van der Waals surface area contributed by atoms with E-state index in [1.54, 1.807) is 51.1 Å². The number of nitrogens with one attached hydrogen (secondary N) is 3. The molecule has 6 nitrogen and oxygen atoms in total. The van der Waals surface area contributed by atoms with Crippen LogP contribution in [0.2, 0.25) is 15.1 Å². The Balaban J connectivity index is 2.17. The molecule has 3 N–H and O–H groups in total. The Labute approximate surface area is 178 Å². The first-order chi connectivity index (χ1) is 13.1. The molecule has 0 heterocycles. The molecule has 0 aliphatic carbocycles. The van der Waals surface area contributed by atoms with Crippen molar-refractivity contribution in [3.8, 4) is 0 Å². The van der Waals surface area contributed by atoms with Gasteiger partial charge in [0.25, 0.3) is 5.91 Å². The molecule has 0 aliphatic rings. The minimum absolute atomic E-state index is 0.231. The molecule has 150 valence electrons. The van der Waals surface area contributed by atoms with Crippen molar-refractivity contribution in [2.24, 2.45) is 0 Å². The monoisotopic (exact) mass is 443 g/mol.